The van der Waals surface area contributed by atoms with Gasteiger partial charge in [-0.05, 0) is 25.0 Å². The maximum Gasteiger partial charge on any atom is 0.231 e. The predicted molar refractivity (Wildman–Crippen MR) is 93.3 cm³/mol. The average Bonchev–Trinajstić information content (AvgIpc) is 3.34. The number of fused-ring (bicyclic) bond motifs is 2. The first kappa shape index (κ1) is 15.1. The molecule has 0 aliphatic carbocycles. The highest BCUT2D eigenvalue weighted by Gasteiger charge is 2.27. The number of hydrogen-bond acceptors (Lipinski definition) is 8. The van der Waals surface area contributed by atoms with Crippen LogP contribution in [0.4, 0.5) is 5.82 Å². The molecule has 0 atom stereocenters. The Bertz CT molecular complexity index is 1070. The van der Waals surface area contributed by atoms with Gasteiger partial charge in [0, 0.05) is 30.5 Å². The van der Waals surface area contributed by atoms with Crippen LogP contribution in [0.3, 0.4) is 0 Å². The summed E-state index contributed by atoms with van der Waals surface area (Å²) in [4.78, 5) is 2.21. The third-order valence-corrected chi connectivity index (χ3v) is 4.88. The molecule has 4 aromatic rings. The molecule has 1 saturated heterocycles. The quantitative estimate of drug-likeness (QED) is 0.553. The number of ether oxygens (including phenoxy) is 1. The van der Waals surface area contributed by atoms with Gasteiger partial charge in [0.05, 0.1) is 19.6 Å². The van der Waals surface area contributed by atoms with Gasteiger partial charge in [0.1, 0.15) is 0 Å². The standard InChI is InChI=1S/C17H17N7O2/c1-25-14-3-2-13-19-21-16(24(13)22-14)11-4-7-23(8-5-11)17-15-12(6-9-26-15)10-18-20-17/h2-3,6,9-11H,4-5,7-8H2,1H3. The summed E-state index contributed by atoms with van der Waals surface area (Å²) < 4.78 is 12.6. The highest BCUT2D eigenvalue weighted by molar-refractivity contribution is 5.86. The number of nitrogens with zero attached hydrogens (tertiary/aromatic N) is 7. The van der Waals surface area contributed by atoms with Crippen LogP contribution in [0.5, 0.6) is 5.88 Å². The van der Waals surface area contributed by atoms with Gasteiger partial charge in [-0.25, -0.2) is 0 Å². The molecule has 26 heavy (non-hydrogen) atoms. The van der Waals surface area contributed by atoms with Crippen molar-refractivity contribution in [3.05, 3.63) is 36.5 Å². The van der Waals surface area contributed by atoms with Crippen LogP contribution in [-0.4, -0.2) is 50.2 Å². The van der Waals surface area contributed by atoms with Gasteiger partial charge >= 0.3 is 0 Å². The summed E-state index contributed by atoms with van der Waals surface area (Å²) in [6, 6.07) is 5.56. The van der Waals surface area contributed by atoms with Crippen molar-refractivity contribution in [1.82, 2.24) is 30.0 Å². The summed E-state index contributed by atoms with van der Waals surface area (Å²) in [7, 11) is 1.60. The molecule has 0 amide bonds. The van der Waals surface area contributed by atoms with Crippen LogP contribution < -0.4 is 9.64 Å². The Kier molecular flexibility index (Phi) is 3.44. The molecule has 0 aromatic carbocycles. The molecule has 5 heterocycles. The second-order valence-electron chi connectivity index (χ2n) is 6.34. The Morgan fingerprint density at radius 2 is 2.00 bits per heavy atom. The molecule has 5 rings (SSSR count). The van der Waals surface area contributed by atoms with Gasteiger partial charge in [-0.3, -0.25) is 0 Å². The molecule has 0 radical (unpaired) electrons. The Morgan fingerprint density at radius 3 is 2.85 bits per heavy atom. The van der Waals surface area contributed by atoms with E-state index < -0.39 is 0 Å². The minimum absolute atomic E-state index is 0.282. The third-order valence-electron chi connectivity index (χ3n) is 4.88. The van der Waals surface area contributed by atoms with E-state index in [2.05, 4.69) is 30.4 Å². The molecule has 0 unspecified atom stereocenters. The Labute approximate surface area is 148 Å². The molecule has 0 spiro atoms. The first-order chi connectivity index (χ1) is 12.8. The number of piperidine rings is 1. The molecule has 9 heteroatoms. The van der Waals surface area contributed by atoms with E-state index in [0.717, 1.165) is 54.2 Å². The van der Waals surface area contributed by atoms with Crippen LogP contribution in [0.15, 0.2) is 35.1 Å². The lowest BCUT2D eigenvalue weighted by Gasteiger charge is -2.31. The number of anilines is 1. The molecule has 132 valence electrons. The highest BCUT2D eigenvalue weighted by atomic mass is 16.5. The molecule has 1 fully saturated rings. The summed E-state index contributed by atoms with van der Waals surface area (Å²) in [5.41, 5.74) is 1.52. The Hall–Kier alpha value is -3.23. The normalized spacial score (nSPS) is 15.8. The second-order valence-corrected chi connectivity index (χ2v) is 6.34. The average molecular weight is 351 g/mol. The Morgan fingerprint density at radius 1 is 1.12 bits per heavy atom. The lowest BCUT2D eigenvalue weighted by molar-refractivity contribution is 0.386. The van der Waals surface area contributed by atoms with E-state index in [4.69, 9.17) is 9.15 Å². The minimum atomic E-state index is 0.282. The molecular formula is C17H17N7O2. The zero-order valence-corrected chi connectivity index (χ0v) is 14.2. The van der Waals surface area contributed by atoms with E-state index in [0.29, 0.717) is 5.88 Å². The van der Waals surface area contributed by atoms with Crippen molar-refractivity contribution in [3.63, 3.8) is 0 Å². The zero-order chi connectivity index (χ0) is 17.5. The van der Waals surface area contributed by atoms with Crippen molar-refractivity contribution < 1.29 is 9.15 Å². The van der Waals surface area contributed by atoms with Gasteiger partial charge < -0.3 is 14.1 Å². The first-order valence-electron chi connectivity index (χ1n) is 8.53. The molecule has 0 bridgehead atoms. The molecular weight excluding hydrogens is 334 g/mol. The molecule has 1 aliphatic rings. The fraction of sp³-hybridized carbons (Fsp3) is 0.353. The Balaban J connectivity index is 1.40. The van der Waals surface area contributed by atoms with Gasteiger partial charge in [0.25, 0.3) is 0 Å². The number of furan rings is 1. The van der Waals surface area contributed by atoms with Crippen molar-refractivity contribution in [1.29, 1.82) is 0 Å². The van der Waals surface area contributed by atoms with Crippen LogP contribution in [0.1, 0.15) is 24.6 Å². The minimum Gasteiger partial charge on any atom is -0.480 e. The van der Waals surface area contributed by atoms with Crippen LogP contribution >= 0.6 is 0 Å². The third kappa shape index (κ3) is 2.35. The van der Waals surface area contributed by atoms with Gasteiger partial charge in [0.15, 0.2) is 22.9 Å². The van der Waals surface area contributed by atoms with Crippen LogP contribution in [-0.2, 0) is 0 Å². The molecule has 9 nitrogen and oxygen atoms in total. The largest absolute Gasteiger partial charge is 0.480 e. The van der Waals surface area contributed by atoms with Crippen LogP contribution in [0.25, 0.3) is 16.6 Å². The lowest BCUT2D eigenvalue weighted by Crippen LogP contribution is -2.34. The van der Waals surface area contributed by atoms with Crippen molar-refractivity contribution in [2.24, 2.45) is 0 Å². The van der Waals surface area contributed by atoms with E-state index in [1.54, 1.807) is 30.2 Å². The van der Waals surface area contributed by atoms with Gasteiger partial charge in [0.2, 0.25) is 5.88 Å². The number of aromatic nitrogens is 6. The summed E-state index contributed by atoms with van der Waals surface area (Å²) in [6.45, 7) is 1.69. The fourth-order valence-corrected chi connectivity index (χ4v) is 3.50. The lowest BCUT2D eigenvalue weighted by atomic mass is 9.96. The molecule has 4 aromatic heterocycles. The van der Waals surface area contributed by atoms with Gasteiger partial charge in [-0.15, -0.1) is 20.4 Å². The number of rotatable bonds is 3. The van der Waals surface area contributed by atoms with E-state index in [-0.39, 0.29) is 5.92 Å². The van der Waals surface area contributed by atoms with Crippen molar-refractivity contribution in [2.45, 2.75) is 18.8 Å². The summed E-state index contributed by atoms with van der Waals surface area (Å²) in [5.74, 6) is 2.51. The smallest absolute Gasteiger partial charge is 0.231 e. The SMILES string of the molecule is COc1ccc2nnc(C3CCN(c4nncc5ccoc45)CC3)n2n1. The summed E-state index contributed by atoms with van der Waals surface area (Å²) in [6.07, 6.45) is 5.25. The summed E-state index contributed by atoms with van der Waals surface area (Å²) in [5, 5.41) is 22.4. The van der Waals surface area contributed by atoms with E-state index in [1.807, 2.05) is 12.1 Å². The zero-order valence-electron chi connectivity index (χ0n) is 14.2. The highest BCUT2D eigenvalue weighted by Crippen LogP contribution is 2.32. The van der Waals surface area contributed by atoms with E-state index >= 15 is 0 Å². The topological polar surface area (TPSA) is 94.5 Å². The maximum atomic E-state index is 5.59. The van der Waals surface area contributed by atoms with Crippen LogP contribution in [0, 0.1) is 0 Å². The van der Waals surface area contributed by atoms with Crippen molar-refractivity contribution in [3.8, 4) is 5.88 Å². The number of methoxy groups -OCH3 is 1. The fourth-order valence-electron chi connectivity index (χ4n) is 3.50. The monoisotopic (exact) mass is 351 g/mol. The van der Waals surface area contributed by atoms with Crippen molar-refractivity contribution >= 4 is 22.4 Å². The molecule has 0 N–H and O–H groups in total. The van der Waals surface area contributed by atoms with Gasteiger partial charge in [-0.1, -0.05) is 0 Å². The molecule has 0 saturated carbocycles. The van der Waals surface area contributed by atoms with E-state index in [9.17, 15) is 0 Å². The first-order valence-corrected chi connectivity index (χ1v) is 8.53. The number of hydrogen-bond donors (Lipinski definition) is 0. The van der Waals surface area contributed by atoms with Gasteiger partial charge in [-0.2, -0.15) is 9.61 Å². The molecule has 1 aliphatic heterocycles. The second kappa shape index (κ2) is 5.94. The van der Waals surface area contributed by atoms with Crippen LogP contribution in [0.2, 0.25) is 0 Å². The van der Waals surface area contributed by atoms with E-state index in [1.165, 1.54) is 0 Å². The van der Waals surface area contributed by atoms with Crippen molar-refractivity contribution in [2.75, 3.05) is 25.1 Å². The predicted octanol–water partition coefficient (Wildman–Crippen LogP) is 2.05. The maximum absolute atomic E-state index is 5.59. The summed E-state index contributed by atoms with van der Waals surface area (Å²) >= 11 is 0.